The summed E-state index contributed by atoms with van der Waals surface area (Å²) in [6.45, 7) is 2.40. The van der Waals surface area contributed by atoms with Crippen LogP contribution in [0.25, 0.3) is 11.1 Å². The van der Waals surface area contributed by atoms with Crippen molar-refractivity contribution in [3.05, 3.63) is 89.3 Å². The van der Waals surface area contributed by atoms with Crippen molar-refractivity contribution in [2.24, 2.45) is 0 Å². The molecule has 0 aliphatic carbocycles. The third-order valence-corrected chi connectivity index (χ3v) is 3.95. The minimum atomic E-state index is -0.374. The van der Waals surface area contributed by atoms with Gasteiger partial charge in [0.05, 0.1) is 0 Å². The molecule has 3 aromatic rings. The summed E-state index contributed by atoms with van der Waals surface area (Å²) in [7, 11) is 0. The topological polar surface area (TPSA) is 60.7 Å². The predicted octanol–water partition coefficient (Wildman–Crippen LogP) is 3.69. The van der Waals surface area contributed by atoms with Gasteiger partial charge in [-0.3, -0.25) is 4.79 Å². The van der Waals surface area contributed by atoms with Gasteiger partial charge in [-0.25, -0.2) is 13.5 Å². The van der Waals surface area contributed by atoms with Crippen LogP contribution in [0.5, 0.6) is 0 Å². The molecule has 0 aliphatic heterocycles. The van der Waals surface area contributed by atoms with Gasteiger partial charge in [0.25, 0.3) is 0 Å². The number of carbonyl (C=O) groups excluding carboxylic acids is 1. The Bertz CT molecular complexity index is 942. The van der Waals surface area contributed by atoms with Crippen LogP contribution in [0, 0.1) is 11.6 Å². The molecule has 136 valence electrons. The van der Waals surface area contributed by atoms with Gasteiger partial charge in [-0.1, -0.05) is 24.3 Å². The number of benzene rings is 2. The first-order valence-corrected chi connectivity index (χ1v) is 8.28. The Morgan fingerprint density at radius 1 is 1.00 bits per heavy atom. The predicted molar refractivity (Wildman–Crippen MR) is 97.4 cm³/mol. The SMILES string of the molecule is CCn1nnnc1C(/C=C/C=O)=C(c1ccc(F)cc1)c1ccc(F)cc1. The van der Waals surface area contributed by atoms with Crippen molar-refractivity contribution >= 4 is 17.4 Å². The summed E-state index contributed by atoms with van der Waals surface area (Å²) in [6.07, 6.45) is 3.57. The zero-order chi connectivity index (χ0) is 19.2. The van der Waals surface area contributed by atoms with E-state index < -0.39 is 0 Å². The molecular weight excluding hydrogens is 350 g/mol. The van der Waals surface area contributed by atoms with Crippen molar-refractivity contribution < 1.29 is 13.6 Å². The molecule has 0 aliphatic rings. The molecule has 1 heterocycles. The number of rotatable bonds is 6. The van der Waals surface area contributed by atoms with Crippen LogP contribution in [0.15, 0.2) is 60.7 Å². The first-order valence-electron chi connectivity index (χ1n) is 8.28. The van der Waals surface area contributed by atoms with E-state index in [2.05, 4.69) is 15.5 Å². The van der Waals surface area contributed by atoms with E-state index in [1.165, 1.54) is 30.3 Å². The minimum Gasteiger partial charge on any atom is -0.299 e. The quantitative estimate of drug-likeness (QED) is 0.379. The smallest absolute Gasteiger partial charge is 0.182 e. The lowest BCUT2D eigenvalue weighted by Crippen LogP contribution is -2.05. The molecule has 3 rings (SSSR count). The fourth-order valence-electron chi connectivity index (χ4n) is 2.73. The summed E-state index contributed by atoms with van der Waals surface area (Å²) < 4.78 is 28.5. The maximum Gasteiger partial charge on any atom is 0.182 e. The van der Waals surface area contributed by atoms with E-state index in [0.29, 0.717) is 40.9 Å². The molecule has 1 aromatic heterocycles. The van der Waals surface area contributed by atoms with Crippen LogP contribution in [0.3, 0.4) is 0 Å². The summed E-state index contributed by atoms with van der Waals surface area (Å²) in [5.74, 6) is -0.305. The molecule has 0 N–H and O–H groups in total. The fraction of sp³-hybridized carbons (Fsp3) is 0.100. The second-order valence-electron chi connectivity index (χ2n) is 5.62. The van der Waals surface area contributed by atoms with Crippen LogP contribution in [0.2, 0.25) is 0 Å². The van der Waals surface area contributed by atoms with E-state index in [1.54, 1.807) is 35.0 Å². The van der Waals surface area contributed by atoms with Crippen molar-refractivity contribution in [2.75, 3.05) is 0 Å². The first kappa shape index (κ1) is 18.3. The number of carbonyl (C=O) groups is 1. The van der Waals surface area contributed by atoms with Gasteiger partial charge in [-0.05, 0) is 70.5 Å². The summed E-state index contributed by atoms with van der Waals surface area (Å²) >= 11 is 0. The maximum atomic E-state index is 13.4. The van der Waals surface area contributed by atoms with Gasteiger partial charge in [0.2, 0.25) is 0 Å². The number of aldehydes is 1. The summed E-state index contributed by atoms with van der Waals surface area (Å²) in [4.78, 5) is 11.0. The fourth-order valence-corrected chi connectivity index (χ4v) is 2.73. The highest BCUT2D eigenvalue weighted by Crippen LogP contribution is 2.32. The molecule has 5 nitrogen and oxygen atoms in total. The lowest BCUT2D eigenvalue weighted by Gasteiger charge is -2.14. The van der Waals surface area contributed by atoms with Gasteiger partial charge in [-0.2, -0.15) is 0 Å². The zero-order valence-corrected chi connectivity index (χ0v) is 14.5. The normalized spacial score (nSPS) is 10.9. The monoisotopic (exact) mass is 366 g/mol. The van der Waals surface area contributed by atoms with Crippen molar-refractivity contribution in [2.45, 2.75) is 13.5 Å². The van der Waals surface area contributed by atoms with Gasteiger partial charge in [-0.15, -0.1) is 5.10 Å². The van der Waals surface area contributed by atoms with E-state index in [9.17, 15) is 13.6 Å². The number of nitrogens with zero attached hydrogens (tertiary/aromatic N) is 4. The molecule has 7 heteroatoms. The van der Waals surface area contributed by atoms with Crippen LogP contribution in [0.4, 0.5) is 8.78 Å². The Morgan fingerprint density at radius 2 is 1.56 bits per heavy atom. The van der Waals surface area contributed by atoms with Gasteiger partial charge in [0.15, 0.2) is 5.82 Å². The Balaban J connectivity index is 2.34. The van der Waals surface area contributed by atoms with Crippen molar-refractivity contribution in [3.63, 3.8) is 0 Å². The lowest BCUT2D eigenvalue weighted by atomic mass is 9.92. The third-order valence-electron chi connectivity index (χ3n) is 3.95. The molecule has 0 unspecified atom stereocenters. The minimum absolute atomic E-state index is 0.374. The average molecular weight is 366 g/mol. The van der Waals surface area contributed by atoms with Gasteiger partial charge < -0.3 is 0 Å². The Hall–Kier alpha value is -3.48. The van der Waals surface area contributed by atoms with Crippen LogP contribution < -0.4 is 0 Å². The van der Waals surface area contributed by atoms with Crippen LogP contribution in [0.1, 0.15) is 23.9 Å². The molecule has 0 atom stereocenters. The van der Waals surface area contributed by atoms with E-state index in [4.69, 9.17) is 0 Å². The maximum absolute atomic E-state index is 13.4. The zero-order valence-electron chi connectivity index (χ0n) is 14.5. The van der Waals surface area contributed by atoms with E-state index in [1.807, 2.05) is 6.92 Å². The number of hydrogen-bond acceptors (Lipinski definition) is 4. The molecular formula is C20H16F2N4O. The second-order valence-corrected chi connectivity index (χ2v) is 5.62. The molecule has 0 saturated heterocycles. The summed E-state index contributed by atoms with van der Waals surface area (Å²) in [5, 5.41) is 11.7. The first-order chi connectivity index (χ1) is 13.1. The molecule has 0 spiro atoms. The highest BCUT2D eigenvalue weighted by Gasteiger charge is 2.17. The van der Waals surface area contributed by atoms with Gasteiger partial charge in [0, 0.05) is 12.1 Å². The molecule has 0 fully saturated rings. The molecule has 27 heavy (non-hydrogen) atoms. The van der Waals surface area contributed by atoms with Gasteiger partial charge in [0.1, 0.15) is 17.9 Å². The van der Waals surface area contributed by atoms with Crippen LogP contribution in [-0.2, 0) is 11.3 Å². The molecule has 2 aromatic carbocycles. The Morgan fingerprint density at radius 3 is 2.04 bits per heavy atom. The van der Waals surface area contributed by atoms with E-state index in [0.717, 1.165) is 0 Å². The number of hydrogen-bond donors (Lipinski definition) is 0. The van der Waals surface area contributed by atoms with Gasteiger partial charge >= 0.3 is 0 Å². The third kappa shape index (κ3) is 4.03. The molecule has 0 saturated carbocycles. The number of allylic oxidation sites excluding steroid dienone is 3. The van der Waals surface area contributed by atoms with E-state index in [-0.39, 0.29) is 11.6 Å². The van der Waals surface area contributed by atoms with Crippen molar-refractivity contribution in [1.82, 2.24) is 20.2 Å². The summed E-state index contributed by atoms with van der Waals surface area (Å²) in [6, 6.07) is 11.8. The van der Waals surface area contributed by atoms with E-state index >= 15 is 0 Å². The van der Waals surface area contributed by atoms with Crippen molar-refractivity contribution in [3.8, 4) is 0 Å². The van der Waals surface area contributed by atoms with Crippen molar-refractivity contribution in [1.29, 1.82) is 0 Å². The standard InChI is InChI=1S/C20H16F2N4O/c1-2-26-20(23-24-25-26)18(4-3-13-27)19(14-5-9-16(21)10-6-14)15-7-11-17(22)12-8-15/h3-13H,2H2,1H3/b4-3+. The highest BCUT2D eigenvalue weighted by molar-refractivity contribution is 6.01. The number of aromatic nitrogens is 4. The van der Waals surface area contributed by atoms with Crippen LogP contribution in [-0.4, -0.2) is 26.5 Å². The van der Waals surface area contributed by atoms with Crippen LogP contribution >= 0.6 is 0 Å². The highest BCUT2D eigenvalue weighted by atomic mass is 19.1. The molecule has 0 radical (unpaired) electrons. The Labute approximate surface area is 154 Å². The lowest BCUT2D eigenvalue weighted by molar-refractivity contribution is -0.104. The second kappa shape index (κ2) is 8.27. The summed E-state index contributed by atoms with van der Waals surface area (Å²) in [5.41, 5.74) is 2.57. The largest absolute Gasteiger partial charge is 0.299 e. The average Bonchev–Trinajstić information content (AvgIpc) is 3.16. The molecule has 0 amide bonds. The molecule has 0 bridgehead atoms. The number of aryl methyl sites for hydroxylation is 1. The number of halogens is 2. The number of tetrazole rings is 1. The Kier molecular flexibility index (Phi) is 5.61.